The summed E-state index contributed by atoms with van der Waals surface area (Å²) in [6, 6.07) is 27.0. The van der Waals surface area contributed by atoms with Crippen LogP contribution in [0.25, 0.3) is 11.3 Å². The zero-order valence-corrected chi connectivity index (χ0v) is 16.8. The van der Waals surface area contributed by atoms with Gasteiger partial charge in [-0.3, -0.25) is 4.79 Å². The van der Waals surface area contributed by atoms with Gasteiger partial charge in [0.05, 0.1) is 5.69 Å². The quantitative estimate of drug-likeness (QED) is 0.448. The molecule has 0 atom stereocenters. The molecular weight excluding hydrogens is 391 g/mol. The lowest BCUT2D eigenvalue weighted by atomic mass is 10.1. The molecule has 31 heavy (non-hydrogen) atoms. The average Bonchev–Trinajstić information content (AvgIpc) is 2.81. The Morgan fingerprint density at radius 2 is 1.65 bits per heavy atom. The standard InChI is InChI=1S/C25H21FN4O/c26-21-11-9-18(10-12-21)15-16-27-25(31)20-7-4-8-22(17-20)28-24-14-13-23(29-30-24)19-5-2-1-3-6-19/h1-14,17H,15-16H2,(H,27,31)(H,28,30). The van der Waals surface area contributed by atoms with Crippen molar-refractivity contribution >= 4 is 17.4 Å². The zero-order chi connectivity index (χ0) is 21.5. The van der Waals surface area contributed by atoms with Gasteiger partial charge in [-0.2, -0.15) is 0 Å². The first kappa shape index (κ1) is 20.2. The van der Waals surface area contributed by atoms with Gasteiger partial charge in [0.2, 0.25) is 0 Å². The van der Waals surface area contributed by atoms with Gasteiger partial charge in [-0.05, 0) is 54.4 Å². The van der Waals surface area contributed by atoms with E-state index in [1.807, 2.05) is 54.6 Å². The lowest BCUT2D eigenvalue weighted by molar-refractivity contribution is 0.0954. The minimum absolute atomic E-state index is 0.170. The summed E-state index contributed by atoms with van der Waals surface area (Å²) in [5.74, 6) is 0.154. The van der Waals surface area contributed by atoms with E-state index in [1.165, 1.54) is 12.1 Å². The third-order valence-corrected chi connectivity index (χ3v) is 4.74. The maximum absolute atomic E-state index is 13.0. The number of aromatic nitrogens is 2. The summed E-state index contributed by atoms with van der Waals surface area (Å²) >= 11 is 0. The number of carbonyl (C=O) groups is 1. The molecule has 1 aromatic heterocycles. The second kappa shape index (κ2) is 9.63. The summed E-state index contributed by atoms with van der Waals surface area (Å²) in [5, 5.41) is 14.6. The van der Waals surface area contributed by atoms with Crippen LogP contribution in [0, 0.1) is 5.82 Å². The van der Waals surface area contributed by atoms with Crippen LogP contribution in [0.3, 0.4) is 0 Å². The Labute approximate surface area is 180 Å². The SMILES string of the molecule is O=C(NCCc1ccc(F)cc1)c1cccc(Nc2ccc(-c3ccccc3)nn2)c1. The Hall–Kier alpha value is -4.06. The van der Waals surface area contributed by atoms with Crippen molar-refractivity contribution in [2.24, 2.45) is 0 Å². The summed E-state index contributed by atoms with van der Waals surface area (Å²) in [6.07, 6.45) is 0.632. The highest BCUT2D eigenvalue weighted by Crippen LogP contribution is 2.19. The summed E-state index contributed by atoms with van der Waals surface area (Å²) in [7, 11) is 0. The highest BCUT2D eigenvalue weighted by Gasteiger charge is 2.07. The van der Waals surface area contributed by atoms with E-state index in [1.54, 1.807) is 24.3 Å². The van der Waals surface area contributed by atoms with Crippen molar-refractivity contribution in [3.05, 3.63) is 108 Å². The van der Waals surface area contributed by atoms with Crippen LogP contribution in [0.15, 0.2) is 91.0 Å². The van der Waals surface area contributed by atoms with E-state index < -0.39 is 0 Å². The molecule has 0 aliphatic heterocycles. The molecule has 2 N–H and O–H groups in total. The number of rotatable bonds is 7. The second-order valence-corrected chi connectivity index (χ2v) is 7.01. The fourth-order valence-electron chi connectivity index (χ4n) is 3.12. The maximum Gasteiger partial charge on any atom is 0.251 e. The first-order valence-corrected chi connectivity index (χ1v) is 9.96. The normalized spacial score (nSPS) is 10.5. The first-order chi connectivity index (χ1) is 15.2. The third-order valence-electron chi connectivity index (χ3n) is 4.74. The Bertz CT molecular complexity index is 1150. The molecular formula is C25H21FN4O. The van der Waals surface area contributed by atoms with Gasteiger partial charge in [0, 0.05) is 23.4 Å². The van der Waals surface area contributed by atoms with Crippen LogP contribution < -0.4 is 10.6 Å². The molecule has 0 aliphatic rings. The Morgan fingerprint density at radius 1 is 0.839 bits per heavy atom. The van der Waals surface area contributed by atoms with Crippen LogP contribution in [0.2, 0.25) is 0 Å². The van der Waals surface area contributed by atoms with Gasteiger partial charge < -0.3 is 10.6 Å². The molecule has 4 rings (SSSR count). The smallest absolute Gasteiger partial charge is 0.251 e. The highest BCUT2D eigenvalue weighted by atomic mass is 19.1. The van der Waals surface area contributed by atoms with Crippen molar-refractivity contribution in [2.45, 2.75) is 6.42 Å². The minimum atomic E-state index is -0.267. The molecule has 0 radical (unpaired) electrons. The second-order valence-electron chi connectivity index (χ2n) is 7.01. The number of halogens is 1. The molecule has 4 aromatic rings. The first-order valence-electron chi connectivity index (χ1n) is 9.96. The van der Waals surface area contributed by atoms with Crippen molar-refractivity contribution in [1.29, 1.82) is 0 Å². The number of nitrogens with zero attached hydrogens (tertiary/aromatic N) is 2. The largest absolute Gasteiger partial charge is 0.352 e. The van der Waals surface area contributed by atoms with Gasteiger partial charge >= 0.3 is 0 Å². The lowest BCUT2D eigenvalue weighted by Crippen LogP contribution is -2.25. The Morgan fingerprint density at radius 3 is 2.39 bits per heavy atom. The molecule has 0 saturated carbocycles. The molecule has 0 aliphatic carbocycles. The van der Waals surface area contributed by atoms with E-state index in [2.05, 4.69) is 20.8 Å². The van der Waals surface area contributed by atoms with Crippen molar-refractivity contribution in [2.75, 3.05) is 11.9 Å². The van der Waals surface area contributed by atoms with Gasteiger partial charge in [0.1, 0.15) is 5.82 Å². The van der Waals surface area contributed by atoms with E-state index in [4.69, 9.17) is 0 Å². The molecule has 3 aromatic carbocycles. The minimum Gasteiger partial charge on any atom is -0.352 e. The summed E-state index contributed by atoms with van der Waals surface area (Å²) in [6.45, 7) is 0.467. The van der Waals surface area contributed by atoms with E-state index >= 15 is 0 Å². The van der Waals surface area contributed by atoms with Gasteiger partial charge in [0.15, 0.2) is 5.82 Å². The molecule has 0 fully saturated rings. The summed E-state index contributed by atoms with van der Waals surface area (Å²) in [4.78, 5) is 12.5. The number of anilines is 2. The van der Waals surface area contributed by atoms with Crippen LogP contribution in [-0.2, 0) is 6.42 Å². The van der Waals surface area contributed by atoms with Crippen molar-refractivity contribution < 1.29 is 9.18 Å². The average molecular weight is 412 g/mol. The van der Waals surface area contributed by atoms with Crippen molar-refractivity contribution in [1.82, 2.24) is 15.5 Å². The summed E-state index contributed by atoms with van der Waals surface area (Å²) < 4.78 is 13.0. The number of hydrogen-bond acceptors (Lipinski definition) is 4. The third kappa shape index (κ3) is 5.51. The molecule has 0 bridgehead atoms. The van der Waals surface area contributed by atoms with E-state index in [0.717, 1.165) is 22.5 Å². The number of benzene rings is 3. The molecule has 154 valence electrons. The van der Waals surface area contributed by atoms with Gasteiger partial charge in [0.25, 0.3) is 5.91 Å². The van der Waals surface area contributed by atoms with Crippen molar-refractivity contribution in [3.8, 4) is 11.3 Å². The van der Waals surface area contributed by atoms with Gasteiger partial charge in [-0.1, -0.05) is 48.5 Å². The number of amides is 1. The van der Waals surface area contributed by atoms with Crippen LogP contribution in [0.5, 0.6) is 0 Å². The van der Waals surface area contributed by atoms with Crippen LogP contribution in [0.4, 0.5) is 15.9 Å². The molecule has 5 nitrogen and oxygen atoms in total. The van der Waals surface area contributed by atoms with Gasteiger partial charge in [-0.15, -0.1) is 10.2 Å². The summed E-state index contributed by atoms with van der Waals surface area (Å²) in [5.41, 5.74) is 4.04. The molecule has 0 saturated heterocycles. The number of hydrogen-bond donors (Lipinski definition) is 2. The van der Waals surface area contributed by atoms with Crippen LogP contribution >= 0.6 is 0 Å². The topological polar surface area (TPSA) is 66.9 Å². The number of nitrogens with one attached hydrogen (secondary N) is 2. The molecule has 6 heteroatoms. The van der Waals surface area contributed by atoms with E-state index in [9.17, 15) is 9.18 Å². The van der Waals surface area contributed by atoms with E-state index in [0.29, 0.717) is 24.3 Å². The number of carbonyl (C=O) groups excluding carboxylic acids is 1. The molecule has 0 spiro atoms. The van der Waals surface area contributed by atoms with Crippen molar-refractivity contribution in [3.63, 3.8) is 0 Å². The lowest BCUT2D eigenvalue weighted by Gasteiger charge is -2.09. The van der Waals surface area contributed by atoms with Crippen LogP contribution in [0.1, 0.15) is 15.9 Å². The Kier molecular flexibility index (Phi) is 6.28. The van der Waals surface area contributed by atoms with Crippen LogP contribution in [-0.4, -0.2) is 22.6 Å². The monoisotopic (exact) mass is 412 g/mol. The molecule has 1 amide bonds. The zero-order valence-electron chi connectivity index (χ0n) is 16.8. The highest BCUT2D eigenvalue weighted by molar-refractivity contribution is 5.95. The predicted molar refractivity (Wildman–Crippen MR) is 120 cm³/mol. The predicted octanol–water partition coefficient (Wildman–Crippen LogP) is 5.00. The fourth-order valence-corrected chi connectivity index (χ4v) is 3.12. The van der Waals surface area contributed by atoms with Gasteiger partial charge in [-0.25, -0.2) is 4.39 Å². The maximum atomic E-state index is 13.0. The molecule has 0 unspecified atom stereocenters. The molecule has 1 heterocycles. The fraction of sp³-hybridized carbons (Fsp3) is 0.0800. The Balaban J connectivity index is 1.35. The van der Waals surface area contributed by atoms with E-state index in [-0.39, 0.29) is 11.7 Å².